The van der Waals surface area contributed by atoms with Gasteiger partial charge in [-0.05, 0) is 5.41 Å². The summed E-state index contributed by atoms with van der Waals surface area (Å²) in [6.45, 7) is 11.7. The van der Waals surface area contributed by atoms with Crippen LogP contribution in [-0.4, -0.2) is 0 Å². The van der Waals surface area contributed by atoms with Gasteiger partial charge in [-0.25, -0.2) is 0 Å². The van der Waals surface area contributed by atoms with E-state index >= 15 is 0 Å². The normalized spacial score (nSPS) is 9.88. The van der Waals surface area contributed by atoms with Crippen LogP contribution in [0.3, 0.4) is 0 Å². The van der Waals surface area contributed by atoms with E-state index in [1.165, 1.54) is 0 Å². The maximum atomic E-state index is 5.19. The van der Waals surface area contributed by atoms with Gasteiger partial charge in [0.25, 0.3) is 0 Å². The van der Waals surface area contributed by atoms with Crippen molar-refractivity contribution in [3.05, 3.63) is 12.7 Å². The molecule has 0 aromatic rings. The van der Waals surface area contributed by atoms with Crippen LogP contribution < -0.4 is 0 Å². The van der Waals surface area contributed by atoms with Gasteiger partial charge in [-0.15, -0.1) is 0 Å². The third kappa shape index (κ3) is 9.96. The molecule has 0 atom stereocenters. The summed E-state index contributed by atoms with van der Waals surface area (Å²) in [5.41, 5.74) is 0.370. The Kier molecular flexibility index (Phi) is 6.82. The summed E-state index contributed by atoms with van der Waals surface area (Å²) >= 11 is 0. The van der Waals surface area contributed by atoms with E-state index in [1.807, 2.05) is 0 Å². The maximum absolute atomic E-state index is 5.19. The van der Waals surface area contributed by atoms with Crippen molar-refractivity contribution in [3.8, 4) is 0 Å². The summed E-state index contributed by atoms with van der Waals surface area (Å²) in [7, 11) is 0. The van der Waals surface area contributed by atoms with Gasteiger partial charge in [0, 0.05) is 32.7 Å². The molecule has 1 radical (unpaired) electrons. The Bertz CT molecular complexity index is 59.3. The number of allylic oxidation sites excluding steroid dienone is 1. The van der Waals surface area contributed by atoms with E-state index < -0.39 is 0 Å². The molecule has 0 fully saturated rings. The van der Waals surface area contributed by atoms with Crippen molar-refractivity contribution in [1.29, 1.82) is 0 Å². The summed E-state index contributed by atoms with van der Waals surface area (Å²) in [4.78, 5) is 0. The van der Waals surface area contributed by atoms with Crippen LogP contribution >= 0.6 is 0 Å². The van der Waals surface area contributed by atoms with E-state index in [2.05, 4.69) is 20.8 Å². The summed E-state index contributed by atoms with van der Waals surface area (Å²) in [6.07, 6.45) is 2.70. The van der Waals surface area contributed by atoms with E-state index in [4.69, 9.17) is 6.58 Å². The summed E-state index contributed by atoms with van der Waals surface area (Å²) in [5.74, 6) is 0. The van der Waals surface area contributed by atoms with Crippen molar-refractivity contribution in [2.24, 2.45) is 5.41 Å². The Hall–Kier alpha value is 0.844. The van der Waals surface area contributed by atoms with Crippen LogP contribution in [0.2, 0.25) is 0 Å². The van der Waals surface area contributed by atoms with Crippen LogP contribution in [0.5, 0.6) is 0 Å². The van der Waals surface area contributed by atoms with E-state index in [9.17, 15) is 0 Å². The van der Waals surface area contributed by atoms with Gasteiger partial charge in [-0.1, -0.05) is 27.2 Å². The molecule has 0 N–H and O–H groups in total. The van der Waals surface area contributed by atoms with E-state index in [-0.39, 0.29) is 32.7 Å². The van der Waals surface area contributed by atoms with Crippen LogP contribution in [0, 0.1) is 12.0 Å². The van der Waals surface area contributed by atoms with Crippen LogP contribution in [0.15, 0.2) is 6.08 Å². The second-order valence-corrected chi connectivity index (χ2v) is 3.00. The van der Waals surface area contributed by atoms with Gasteiger partial charge in [0.2, 0.25) is 0 Å². The standard InChI is InChI=1S/C7H13.Y/c1-5-6-7(2,3)4;/h1,5H,6H2,2-4H3;/q-1;. The monoisotopic (exact) mass is 186 g/mol. The zero-order valence-electron chi connectivity index (χ0n) is 5.94. The van der Waals surface area contributed by atoms with Gasteiger partial charge < -0.3 is 6.58 Å². The second kappa shape index (κ2) is 4.70. The van der Waals surface area contributed by atoms with Crippen LogP contribution in [0.4, 0.5) is 0 Å². The zero-order chi connectivity index (χ0) is 5.91. The largest absolute Gasteiger partial charge is 0.518 e. The summed E-state index contributed by atoms with van der Waals surface area (Å²) in [6, 6.07) is 0. The predicted octanol–water partition coefficient (Wildman–Crippen LogP) is 2.41. The van der Waals surface area contributed by atoms with Gasteiger partial charge in [0.15, 0.2) is 0 Å². The Morgan fingerprint density at radius 1 is 1.38 bits per heavy atom. The molecule has 0 aliphatic carbocycles. The van der Waals surface area contributed by atoms with Gasteiger partial charge >= 0.3 is 0 Å². The van der Waals surface area contributed by atoms with Gasteiger partial charge in [0.05, 0.1) is 0 Å². The molecule has 0 saturated carbocycles. The fourth-order valence-corrected chi connectivity index (χ4v) is 0.354. The molecule has 0 aliphatic rings. The summed E-state index contributed by atoms with van der Waals surface area (Å²) < 4.78 is 0. The van der Waals surface area contributed by atoms with Crippen molar-refractivity contribution >= 4 is 0 Å². The fourth-order valence-electron chi connectivity index (χ4n) is 0.354. The van der Waals surface area contributed by atoms with Crippen molar-refractivity contribution in [1.82, 2.24) is 0 Å². The molecular formula is C7H13Y-. The van der Waals surface area contributed by atoms with Crippen molar-refractivity contribution < 1.29 is 32.7 Å². The molecule has 45 valence electrons. The predicted molar refractivity (Wildman–Crippen MR) is 32.9 cm³/mol. The number of hydrogen-bond donors (Lipinski definition) is 0. The minimum Gasteiger partial charge on any atom is -0.518 e. The third-order valence-electron chi connectivity index (χ3n) is 0.730. The number of rotatable bonds is 1. The molecule has 0 unspecified atom stereocenters. The molecule has 0 saturated heterocycles. The molecule has 0 amide bonds. The van der Waals surface area contributed by atoms with Gasteiger partial charge in [-0.2, -0.15) is 0 Å². The first-order chi connectivity index (χ1) is 3.06. The van der Waals surface area contributed by atoms with Crippen molar-refractivity contribution in [2.45, 2.75) is 27.2 Å². The molecule has 0 aromatic carbocycles. The number of hydrogen-bond acceptors (Lipinski definition) is 0. The maximum Gasteiger partial charge on any atom is 0 e. The molecule has 0 aromatic heterocycles. The minimum absolute atomic E-state index is 0. The molecule has 0 heterocycles. The topological polar surface area (TPSA) is 0 Å². The first-order valence-electron chi connectivity index (χ1n) is 2.60. The van der Waals surface area contributed by atoms with E-state index in [0.29, 0.717) is 5.41 Å². The quantitative estimate of drug-likeness (QED) is 0.551. The van der Waals surface area contributed by atoms with Crippen LogP contribution in [0.1, 0.15) is 27.2 Å². The third-order valence-corrected chi connectivity index (χ3v) is 0.730. The molecule has 0 nitrogen and oxygen atoms in total. The molecule has 8 heavy (non-hydrogen) atoms. The fraction of sp³-hybridized carbons (Fsp3) is 0.714. The van der Waals surface area contributed by atoms with Gasteiger partial charge in [-0.3, -0.25) is 6.08 Å². The zero-order valence-corrected chi connectivity index (χ0v) is 8.78. The summed E-state index contributed by atoms with van der Waals surface area (Å²) in [5, 5.41) is 0. The first-order valence-corrected chi connectivity index (χ1v) is 2.60. The average molecular weight is 186 g/mol. The molecule has 0 rings (SSSR count). The van der Waals surface area contributed by atoms with E-state index in [0.717, 1.165) is 6.42 Å². The first kappa shape index (κ1) is 11.6. The molecule has 0 bridgehead atoms. The average Bonchev–Trinajstić information content (AvgIpc) is 1.30. The Labute approximate surface area is 77.6 Å². The Balaban J connectivity index is 0. The Morgan fingerprint density at radius 3 is 1.75 bits per heavy atom. The van der Waals surface area contributed by atoms with Crippen LogP contribution in [0.25, 0.3) is 0 Å². The SMILES string of the molecule is [CH-]=CCC(C)(C)C.[Y]. The van der Waals surface area contributed by atoms with Crippen molar-refractivity contribution in [3.63, 3.8) is 0 Å². The molecular weight excluding hydrogens is 173 g/mol. The van der Waals surface area contributed by atoms with Crippen molar-refractivity contribution in [2.75, 3.05) is 0 Å². The second-order valence-electron chi connectivity index (χ2n) is 3.00. The smallest absolute Gasteiger partial charge is 0 e. The van der Waals surface area contributed by atoms with Gasteiger partial charge in [0.1, 0.15) is 0 Å². The molecule has 0 aliphatic heterocycles. The Morgan fingerprint density at radius 2 is 1.75 bits per heavy atom. The van der Waals surface area contributed by atoms with Crippen LogP contribution in [-0.2, 0) is 32.7 Å². The van der Waals surface area contributed by atoms with E-state index in [1.54, 1.807) is 6.08 Å². The molecule has 0 spiro atoms. The minimum atomic E-state index is 0. The molecule has 1 heteroatoms.